The Morgan fingerprint density at radius 3 is 2.67 bits per heavy atom. The number of ketones is 1. The third-order valence-corrected chi connectivity index (χ3v) is 4.16. The highest BCUT2D eigenvalue weighted by atomic mass is 16.5. The highest BCUT2D eigenvalue weighted by Gasteiger charge is 2.24. The van der Waals surface area contributed by atoms with Crippen molar-refractivity contribution < 1.29 is 14.3 Å². The molecule has 0 radical (unpaired) electrons. The minimum Gasteiger partial charge on any atom is -0.464 e. The SMILES string of the molecule is COC(=O)c1c(C)c(C(=O)CNCCc2ccccn2)c(C)n1C. The van der Waals surface area contributed by atoms with E-state index < -0.39 is 5.97 Å². The van der Waals surface area contributed by atoms with E-state index in [1.54, 1.807) is 24.7 Å². The molecule has 0 aromatic carbocycles. The number of carbonyl (C=O) groups is 2. The number of Topliss-reactive ketones (excluding diaryl/α,β-unsaturated/α-hetero) is 1. The third kappa shape index (κ3) is 3.71. The second kappa shape index (κ2) is 7.88. The Labute approximate surface area is 141 Å². The van der Waals surface area contributed by atoms with Gasteiger partial charge in [-0.15, -0.1) is 0 Å². The molecule has 0 aliphatic carbocycles. The van der Waals surface area contributed by atoms with Gasteiger partial charge in [0.1, 0.15) is 5.69 Å². The number of hydrogen-bond acceptors (Lipinski definition) is 5. The van der Waals surface area contributed by atoms with E-state index in [4.69, 9.17) is 4.74 Å². The van der Waals surface area contributed by atoms with E-state index in [9.17, 15) is 9.59 Å². The van der Waals surface area contributed by atoms with Gasteiger partial charge in [0.05, 0.1) is 13.7 Å². The molecule has 0 unspecified atom stereocenters. The van der Waals surface area contributed by atoms with Crippen LogP contribution in [0.5, 0.6) is 0 Å². The monoisotopic (exact) mass is 329 g/mol. The number of rotatable bonds is 7. The Morgan fingerprint density at radius 1 is 1.29 bits per heavy atom. The van der Waals surface area contributed by atoms with E-state index in [2.05, 4.69) is 10.3 Å². The molecule has 2 aromatic rings. The molecule has 0 saturated carbocycles. The van der Waals surface area contributed by atoms with Crippen molar-refractivity contribution in [2.45, 2.75) is 20.3 Å². The molecule has 6 nitrogen and oxygen atoms in total. The first-order valence-electron chi connectivity index (χ1n) is 7.85. The Kier molecular flexibility index (Phi) is 5.87. The molecule has 0 spiro atoms. The summed E-state index contributed by atoms with van der Waals surface area (Å²) in [6.45, 7) is 4.50. The van der Waals surface area contributed by atoms with Gasteiger partial charge in [-0.2, -0.15) is 0 Å². The molecule has 0 amide bonds. The van der Waals surface area contributed by atoms with Crippen molar-refractivity contribution in [3.05, 3.63) is 52.6 Å². The summed E-state index contributed by atoms with van der Waals surface area (Å²) in [7, 11) is 3.10. The van der Waals surface area contributed by atoms with E-state index in [1.165, 1.54) is 7.11 Å². The number of aromatic nitrogens is 2. The molecule has 1 N–H and O–H groups in total. The van der Waals surface area contributed by atoms with Crippen LogP contribution in [-0.2, 0) is 18.2 Å². The second-order valence-electron chi connectivity index (χ2n) is 5.66. The van der Waals surface area contributed by atoms with Crippen LogP contribution >= 0.6 is 0 Å². The fourth-order valence-corrected chi connectivity index (χ4v) is 2.83. The minimum absolute atomic E-state index is 0.0308. The number of pyridine rings is 1. The van der Waals surface area contributed by atoms with Crippen molar-refractivity contribution >= 4 is 11.8 Å². The molecule has 6 heteroatoms. The zero-order chi connectivity index (χ0) is 17.7. The van der Waals surface area contributed by atoms with Crippen LogP contribution in [0, 0.1) is 13.8 Å². The van der Waals surface area contributed by atoms with Crippen LogP contribution in [0.1, 0.15) is 37.8 Å². The highest BCUT2D eigenvalue weighted by molar-refractivity contribution is 6.03. The van der Waals surface area contributed by atoms with Gasteiger partial charge >= 0.3 is 5.97 Å². The van der Waals surface area contributed by atoms with Crippen LogP contribution < -0.4 is 5.32 Å². The maximum Gasteiger partial charge on any atom is 0.354 e. The molecular formula is C18H23N3O3. The lowest BCUT2D eigenvalue weighted by Crippen LogP contribution is -2.26. The summed E-state index contributed by atoms with van der Waals surface area (Å²) in [5.74, 6) is -0.461. The molecule has 2 aromatic heterocycles. The van der Waals surface area contributed by atoms with E-state index in [-0.39, 0.29) is 12.3 Å². The maximum atomic E-state index is 12.5. The molecular weight excluding hydrogens is 306 g/mol. The topological polar surface area (TPSA) is 73.2 Å². The van der Waals surface area contributed by atoms with Crippen molar-refractivity contribution in [1.29, 1.82) is 0 Å². The Morgan fingerprint density at radius 2 is 2.04 bits per heavy atom. The van der Waals surface area contributed by atoms with Crippen molar-refractivity contribution in [2.75, 3.05) is 20.2 Å². The van der Waals surface area contributed by atoms with Crippen molar-refractivity contribution in [3.8, 4) is 0 Å². The number of carbonyl (C=O) groups excluding carboxylic acids is 2. The summed E-state index contributed by atoms with van der Waals surface area (Å²) in [6.07, 6.45) is 2.51. The van der Waals surface area contributed by atoms with Gasteiger partial charge in [-0.25, -0.2) is 4.79 Å². The number of ether oxygens (including phenoxy) is 1. The fourth-order valence-electron chi connectivity index (χ4n) is 2.83. The lowest BCUT2D eigenvalue weighted by atomic mass is 10.1. The fraction of sp³-hybridized carbons (Fsp3) is 0.389. The molecule has 0 atom stereocenters. The van der Waals surface area contributed by atoms with Crippen LogP contribution in [0.15, 0.2) is 24.4 Å². The Bertz CT molecular complexity index is 736. The number of esters is 1. The van der Waals surface area contributed by atoms with Gasteiger partial charge < -0.3 is 14.6 Å². The van der Waals surface area contributed by atoms with Crippen molar-refractivity contribution in [3.63, 3.8) is 0 Å². The Balaban J connectivity index is 2.01. The molecule has 2 rings (SSSR count). The van der Waals surface area contributed by atoms with Crippen LogP contribution in [0.2, 0.25) is 0 Å². The predicted molar refractivity (Wildman–Crippen MR) is 91.4 cm³/mol. The molecule has 24 heavy (non-hydrogen) atoms. The first kappa shape index (κ1) is 17.9. The van der Waals surface area contributed by atoms with Gasteiger partial charge in [0.15, 0.2) is 5.78 Å². The van der Waals surface area contributed by atoms with Gasteiger partial charge in [0.25, 0.3) is 0 Å². The molecule has 2 heterocycles. The van der Waals surface area contributed by atoms with Gasteiger partial charge in [0.2, 0.25) is 0 Å². The summed E-state index contributed by atoms with van der Waals surface area (Å²) >= 11 is 0. The maximum absolute atomic E-state index is 12.5. The average Bonchev–Trinajstić information content (AvgIpc) is 2.81. The largest absolute Gasteiger partial charge is 0.464 e. The van der Waals surface area contributed by atoms with E-state index in [1.807, 2.05) is 25.1 Å². The van der Waals surface area contributed by atoms with E-state index in [0.717, 1.165) is 17.8 Å². The lowest BCUT2D eigenvalue weighted by Gasteiger charge is -2.05. The van der Waals surface area contributed by atoms with E-state index >= 15 is 0 Å². The normalized spacial score (nSPS) is 10.7. The number of hydrogen-bond donors (Lipinski definition) is 1. The summed E-state index contributed by atoms with van der Waals surface area (Å²) in [4.78, 5) is 28.7. The van der Waals surface area contributed by atoms with Gasteiger partial charge in [-0.1, -0.05) is 6.07 Å². The number of nitrogens with zero attached hydrogens (tertiary/aromatic N) is 2. The molecule has 0 aliphatic heterocycles. The lowest BCUT2D eigenvalue weighted by molar-refractivity contribution is 0.0588. The van der Waals surface area contributed by atoms with Gasteiger partial charge in [-0.05, 0) is 31.5 Å². The standard InChI is InChI=1S/C18H23N3O3/c1-12-16(13(2)21(3)17(12)18(23)24-4)15(22)11-19-10-8-14-7-5-6-9-20-14/h5-7,9,19H,8,10-11H2,1-4H3. The first-order chi connectivity index (χ1) is 11.5. The Hall–Kier alpha value is -2.47. The molecule has 0 saturated heterocycles. The summed E-state index contributed by atoms with van der Waals surface area (Å²) in [5.41, 5.74) is 3.43. The summed E-state index contributed by atoms with van der Waals surface area (Å²) in [5, 5.41) is 3.14. The van der Waals surface area contributed by atoms with Crippen LogP contribution in [0.3, 0.4) is 0 Å². The van der Waals surface area contributed by atoms with E-state index in [0.29, 0.717) is 23.4 Å². The molecule has 128 valence electrons. The first-order valence-corrected chi connectivity index (χ1v) is 7.85. The second-order valence-corrected chi connectivity index (χ2v) is 5.66. The van der Waals surface area contributed by atoms with Crippen molar-refractivity contribution in [1.82, 2.24) is 14.9 Å². The van der Waals surface area contributed by atoms with Crippen LogP contribution in [-0.4, -0.2) is 41.5 Å². The number of methoxy groups -OCH3 is 1. The molecule has 0 fully saturated rings. The summed E-state index contributed by atoms with van der Waals surface area (Å²) in [6, 6.07) is 5.77. The van der Waals surface area contributed by atoms with Crippen LogP contribution in [0.4, 0.5) is 0 Å². The predicted octanol–water partition coefficient (Wildman–Crippen LogP) is 1.84. The summed E-state index contributed by atoms with van der Waals surface area (Å²) < 4.78 is 6.51. The van der Waals surface area contributed by atoms with Gasteiger partial charge in [-0.3, -0.25) is 9.78 Å². The highest BCUT2D eigenvalue weighted by Crippen LogP contribution is 2.22. The quantitative estimate of drug-likeness (QED) is 0.477. The number of nitrogens with one attached hydrogen (secondary N) is 1. The molecule has 0 bridgehead atoms. The average molecular weight is 329 g/mol. The van der Waals surface area contributed by atoms with Gasteiger partial charge in [0, 0.05) is 43.2 Å². The minimum atomic E-state index is -0.430. The molecule has 0 aliphatic rings. The zero-order valence-corrected chi connectivity index (χ0v) is 14.5. The third-order valence-electron chi connectivity index (χ3n) is 4.16. The van der Waals surface area contributed by atoms with Crippen molar-refractivity contribution in [2.24, 2.45) is 7.05 Å². The van der Waals surface area contributed by atoms with Crippen LogP contribution in [0.25, 0.3) is 0 Å². The zero-order valence-electron chi connectivity index (χ0n) is 14.5. The smallest absolute Gasteiger partial charge is 0.354 e.